The number of β-amino-alcohol motifs (C(OH)–C–C–N with tert-alkyl or cyclic N) is 1. The fourth-order valence-electron chi connectivity index (χ4n) is 2.89. The molecule has 2 rings (SSSR count). The van der Waals surface area contributed by atoms with Gasteiger partial charge in [-0.3, -0.25) is 4.90 Å². The summed E-state index contributed by atoms with van der Waals surface area (Å²) >= 11 is 0. The van der Waals surface area contributed by atoms with Crippen molar-refractivity contribution in [3.8, 4) is 0 Å². The minimum absolute atomic E-state index is 0.253. The second-order valence-corrected chi connectivity index (χ2v) is 8.11. The molecule has 0 bridgehead atoms. The van der Waals surface area contributed by atoms with Gasteiger partial charge in [-0.05, 0) is 37.8 Å². The van der Waals surface area contributed by atoms with E-state index in [-0.39, 0.29) is 6.09 Å². The molecule has 1 N–H and O–H groups in total. The van der Waals surface area contributed by atoms with E-state index in [1.54, 1.807) is 4.90 Å². The normalized spacial score (nSPS) is 17.6. The molecule has 0 radical (unpaired) electrons. The first-order valence-electron chi connectivity index (χ1n) is 9.14. The van der Waals surface area contributed by atoms with Gasteiger partial charge < -0.3 is 14.7 Å². The molecule has 25 heavy (non-hydrogen) atoms. The number of benzene rings is 1. The predicted octanol–water partition coefficient (Wildman–Crippen LogP) is 3.40. The molecule has 140 valence electrons. The van der Waals surface area contributed by atoms with E-state index >= 15 is 0 Å². The summed E-state index contributed by atoms with van der Waals surface area (Å²) in [5.41, 5.74) is 1.76. The van der Waals surface area contributed by atoms with E-state index in [2.05, 4.69) is 30.9 Å². The van der Waals surface area contributed by atoms with Gasteiger partial charge in [0.05, 0.1) is 6.10 Å². The second kappa shape index (κ2) is 8.19. The molecule has 1 aliphatic rings. The Morgan fingerprint density at radius 2 is 1.60 bits per heavy atom. The highest BCUT2D eigenvalue weighted by molar-refractivity contribution is 5.68. The average molecular weight is 348 g/mol. The van der Waals surface area contributed by atoms with Crippen molar-refractivity contribution in [2.45, 2.75) is 52.2 Å². The first-order valence-corrected chi connectivity index (χ1v) is 9.14. The minimum Gasteiger partial charge on any atom is -0.444 e. The van der Waals surface area contributed by atoms with Crippen molar-refractivity contribution in [2.24, 2.45) is 0 Å². The summed E-state index contributed by atoms with van der Waals surface area (Å²) in [6.07, 6.45) is -0.758. The zero-order valence-electron chi connectivity index (χ0n) is 16.2. The number of amides is 1. The van der Waals surface area contributed by atoms with Crippen LogP contribution >= 0.6 is 0 Å². The summed E-state index contributed by atoms with van der Waals surface area (Å²) in [5.74, 6) is 0.493. The lowest BCUT2D eigenvalue weighted by molar-refractivity contribution is 0.0101. The van der Waals surface area contributed by atoms with Gasteiger partial charge in [-0.25, -0.2) is 4.79 Å². The fourth-order valence-corrected chi connectivity index (χ4v) is 2.89. The molecule has 1 aromatic rings. The Bertz CT molecular complexity index is 555. The summed E-state index contributed by atoms with van der Waals surface area (Å²) < 4.78 is 5.41. The number of aliphatic hydroxyl groups excluding tert-OH is 1. The van der Waals surface area contributed by atoms with Gasteiger partial charge in [0.2, 0.25) is 0 Å². The van der Waals surface area contributed by atoms with Crippen molar-refractivity contribution in [1.29, 1.82) is 0 Å². The van der Waals surface area contributed by atoms with Crippen LogP contribution in [-0.2, 0) is 4.74 Å². The van der Waals surface area contributed by atoms with Gasteiger partial charge in [0.15, 0.2) is 0 Å². The predicted molar refractivity (Wildman–Crippen MR) is 99.7 cm³/mol. The van der Waals surface area contributed by atoms with Crippen LogP contribution in [0.15, 0.2) is 24.3 Å². The van der Waals surface area contributed by atoms with Gasteiger partial charge >= 0.3 is 6.09 Å². The molecule has 5 heteroatoms. The molecular formula is C20H32N2O3. The molecule has 1 saturated heterocycles. The van der Waals surface area contributed by atoms with Gasteiger partial charge in [0.1, 0.15) is 5.60 Å². The molecule has 0 aromatic heterocycles. The lowest BCUT2D eigenvalue weighted by Crippen LogP contribution is -2.50. The molecule has 1 heterocycles. The smallest absolute Gasteiger partial charge is 0.410 e. The summed E-state index contributed by atoms with van der Waals surface area (Å²) in [6.45, 7) is 13.3. The summed E-state index contributed by atoms with van der Waals surface area (Å²) in [5, 5.41) is 10.5. The highest BCUT2D eigenvalue weighted by atomic mass is 16.6. The maximum Gasteiger partial charge on any atom is 0.410 e. The van der Waals surface area contributed by atoms with Crippen LogP contribution in [0.4, 0.5) is 4.79 Å². The van der Waals surface area contributed by atoms with Crippen molar-refractivity contribution < 1.29 is 14.6 Å². The first-order chi connectivity index (χ1) is 11.7. The van der Waals surface area contributed by atoms with Crippen LogP contribution in [0.3, 0.4) is 0 Å². The number of nitrogens with zero attached hydrogens (tertiary/aromatic N) is 2. The Labute approximate surface area is 151 Å². The van der Waals surface area contributed by atoms with Crippen molar-refractivity contribution >= 4 is 6.09 Å². The second-order valence-electron chi connectivity index (χ2n) is 8.11. The Kier molecular flexibility index (Phi) is 6.47. The van der Waals surface area contributed by atoms with Crippen LogP contribution in [0.1, 0.15) is 57.8 Å². The molecular weight excluding hydrogens is 316 g/mol. The van der Waals surface area contributed by atoms with Crippen molar-refractivity contribution in [3.05, 3.63) is 35.4 Å². The minimum atomic E-state index is -0.505. The molecule has 0 spiro atoms. The number of carbonyl (C=O) groups is 1. The molecule has 0 saturated carbocycles. The van der Waals surface area contributed by atoms with Crippen LogP contribution in [0.2, 0.25) is 0 Å². The van der Waals surface area contributed by atoms with Gasteiger partial charge in [-0.1, -0.05) is 38.1 Å². The SMILES string of the molecule is CC(C)c1ccc(C(O)CN2CCN(C(=O)OC(C)(C)C)CC2)cc1. The molecule has 1 aromatic carbocycles. The van der Waals surface area contributed by atoms with Crippen LogP contribution in [0, 0.1) is 0 Å². The molecule has 1 aliphatic heterocycles. The summed E-state index contributed by atoms with van der Waals surface area (Å²) in [7, 11) is 0. The zero-order chi connectivity index (χ0) is 18.6. The standard InChI is InChI=1S/C20H32N2O3/c1-15(2)16-6-8-17(9-7-16)18(23)14-21-10-12-22(13-11-21)19(24)25-20(3,4)5/h6-9,15,18,23H,10-14H2,1-5H3. The highest BCUT2D eigenvalue weighted by Gasteiger charge is 2.26. The largest absolute Gasteiger partial charge is 0.444 e. The van der Waals surface area contributed by atoms with E-state index in [1.807, 2.05) is 32.9 Å². The van der Waals surface area contributed by atoms with E-state index in [4.69, 9.17) is 4.74 Å². The molecule has 1 fully saturated rings. The van der Waals surface area contributed by atoms with Crippen LogP contribution in [0.5, 0.6) is 0 Å². The van der Waals surface area contributed by atoms with Gasteiger partial charge in [0, 0.05) is 32.7 Å². The maximum absolute atomic E-state index is 12.1. The molecule has 5 nitrogen and oxygen atoms in total. The number of ether oxygens (including phenoxy) is 1. The van der Waals surface area contributed by atoms with E-state index in [0.717, 1.165) is 18.7 Å². The molecule has 0 aliphatic carbocycles. The Hall–Kier alpha value is -1.59. The average Bonchev–Trinajstić information content (AvgIpc) is 2.54. The van der Waals surface area contributed by atoms with Crippen LogP contribution in [0.25, 0.3) is 0 Å². The van der Waals surface area contributed by atoms with Gasteiger partial charge in [0.25, 0.3) is 0 Å². The number of aliphatic hydroxyl groups is 1. The van der Waals surface area contributed by atoms with Crippen molar-refractivity contribution in [3.63, 3.8) is 0 Å². The maximum atomic E-state index is 12.1. The molecule has 1 amide bonds. The Morgan fingerprint density at radius 1 is 1.08 bits per heavy atom. The third kappa shape index (κ3) is 6.01. The number of carbonyl (C=O) groups excluding carboxylic acids is 1. The Balaban J connectivity index is 1.82. The van der Waals surface area contributed by atoms with Crippen molar-refractivity contribution in [2.75, 3.05) is 32.7 Å². The molecule has 1 atom stereocenters. The third-order valence-corrected chi connectivity index (χ3v) is 4.44. The molecule has 1 unspecified atom stereocenters. The number of rotatable bonds is 4. The monoisotopic (exact) mass is 348 g/mol. The van der Waals surface area contributed by atoms with Crippen LogP contribution in [-0.4, -0.2) is 59.3 Å². The van der Waals surface area contributed by atoms with Crippen LogP contribution < -0.4 is 0 Å². The number of piperazine rings is 1. The fraction of sp³-hybridized carbons (Fsp3) is 0.650. The number of hydrogen-bond donors (Lipinski definition) is 1. The van der Waals surface area contributed by atoms with Gasteiger partial charge in [-0.2, -0.15) is 0 Å². The van der Waals surface area contributed by atoms with E-state index in [9.17, 15) is 9.90 Å². The summed E-state index contributed by atoms with van der Waals surface area (Å²) in [6, 6.07) is 8.20. The quantitative estimate of drug-likeness (QED) is 0.906. The summed E-state index contributed by atoms with van der Waals surface area (Å²) in [4.78, 5) is 16.0. The van der Waals surface area contributed by atoms with Crippen molar-refractivity contribution in [1.82, 2.24) is 9.80 Å². The number of hydrogen-bond acceptors (Lipinski definition) is 4. The topological polar surface area (TPSA) is 53.0 Å². The zero-order valence-corrected chi connectivity index (χ0v) is 16.2. The van der Waals surface area contributed by atoms with E-state index < -0.39 is 11.7 Å². The lowest BCUT2D eigenvalue weighted by atomic mass is 10.00. The highest BCUT2D eigenvalue weighted by Crippen LogP contribution is 2.20. The third-order valence-electron chi connectivity index (χ3n) is 4.44. The van der Waals surface area contributed by atoms with E-state index in [1.165, 1.54) is 5.56 Å². The van der Waals surface area contributed by atoms with Gasteiger partial charge in [-0.15, -0.1) is 0 Å². The first kappa shape index (κ1) is 19.7. The lowest BCUT2D eigenvalue weighted by Gasteiger charge is -2.36. The van der Waals surface area contributed by atoms with E-state index in [0.29, 0.717) is 25.6 Å². The Morgan fingerprint density at radius 3 is 2.08 bits per heavy atom.